The molecule has 2 aromatic carbocycles. The zero-order chi connectivity index (χ0) is 33.6. The second kappa shape index (κ2) is 12.6. The lowest BCUT2D eigenvalue weighted by Gasteiger charge is -2.31. The minimum absolute atomic E-state index is 0.0632. The first-order valence-electron chi connectivity index (χ1n) is 13.9. The van der Waals surface area contributed by atoms with Crippen molar-refractivity contribution in [1.82, 2.24) is 20.1 Å². The van der Waals surface area contributed by atoms with E-state index in [-0.39, 0.29) is 40.3 Å². The largest absolute Gasteiger partial charge is 0.494 e. The van der Waals surface area contributed by atoms with E-state index in [1.54, 1.807) is 10.9 Å². The van der Waals surface area contributed by atoms with Crippen molar-refractivity contribution in [3.8, 4) is 22.8 Å². The summed E-state index contributed by atoms with van der Waals surface area (Å²) in [6.45, 7) is 0.0261. The van der Waals surface area contributed by atoms with E-state index in [2.05, 4.69) is 15.4 Å². The number of pyridine rings is 1. The summed E-state index contributed by atoms with van der Waals surface area (Å²) >= 11 is 12.3. The average molecular weight is 684 g/mol. The highest BCUT2D eigenvalue weighted by Crippen LogP contribution is 2.45. The fraction of sp³-hybridized carbons (Fsp3) is 0.333. The molecule has 2 aromatic heterocycles. The Morgan fingerprint density at radius 2 is 1.91 bits per heavy atom. The van der Waals surface area contributed by atoms with Gasteiger partial charge in [-0.2, -0.15) is 18.3 Å². The number of nitrogens with one attached hydrogen (secondary N) is 1. The summed E-state index contributed by atoms with van der Waals surface area (Å²) in [6.07, 6.45) is -2.53. The molecule has 16 heteroatoms. The molecule has 4 N–H and O–H groups in total. The molecule has 244 valence electrons. The number of methoxy groups -OCH3 is 1. The van der Waals surface area contributed by atoms with Gasteiger partial charge < -0.3 is 25.6 Å². The molecule has 0 spiro atoms. The predicted molar refractivity (Wildman–Crippen MR) is 161 cm³/mol. The molecule has 0 unspecified atom stereocenters. The number of benzene rings is 2. The van der Waals surface area contributed by atoms with Crippen molar-refractivity contribution in [3.05, 3.63) is 69.2 Å². The smallest absolute Gasteiger partial charge is 0.424 e. The molecule has 10 nitrogen and oxygen atoms in total. The van der Waals surface area contributed by atoms with Crippen LogP contribution in [-0.4, -0.2) is 58.1 Å². The molecule has 5 rings (SSSR count). The van der Waals surface area contributed by atoms with E-state index in [1.807, 2.05) is 0 Å². The Labute approximate surface area is 269 Å². The first kappa shape index (κ1) is 33.2. The third-order valence-corrected chi connectivity index (χ3v) is 8.18. The van der Waals surface area contributed by atoms with Crippen LogP contribution in [0.15, 0.2) is 36.5 Å². The molecule has 0 aliphatic heterocycles. The van der Waals surface area contributed by atoms with Crippen molar-refractivity contribution in [3.63, 3.8) is 0 Å². The van der Waals surface area contributed by atoms with Crippen LogP contribution in [-0.2, 0) is 16.8 Å². The topological polar surface area (TPSA) is 142 Å². The summed E-state index contributed by atoms with van der Waals surface area (Å²) in [4.78, 5) is 29.1. The molecule has 0 bridgehead atoms. The van der Waals surface area contributed by atoms with Crippen LogP contribution in [0.5, 0.6) is 11.5 Å². The Morgan fingerprint density at radius 3 is 2.52 bits per heavy atom. The highest BCUT2D eigenvalue weighted by molar-refractivity contribution is 6.43. The number of nitrogens with zero attached hydrogens (tertiary/aromatic N) is 3. The van der Waals surface area contributed by atoms with E-state index in [4.69, 9.17) is 38.4 Å². The first-order valence-corrected chi connectivity index (χ1v) is 14.7. The van der Waals surface area contributed by atoms with E-state index in [9.17, 15) is 27.9 Å². The monoisotopic (exact) mass is 683 g/mol. The van der Waals surface area contributed by atoms with E-state index >= 15 is 4.39 Å². The molecular weight excluding hydrogens is 657 g/mol. The van der Waals surface area contributed by atoms with Crippen LogP contribution in [0.2, 0.25) is 10.0 Å². The molecule has 0 saturated heterocycles. The number of hydrogen-bond donors (Lipinski definition) is 3. The number of rotatable bonds is 11. The summed E-state index contributed by atoms with van der Waals surface area (Å²) in [6, 6.07) is 5.78. The van der Waals surface area contributed by atoms with Crippen LogP contribution in [0.1, 0.15) is 47.4 Å². The van der Waals surface area contributed by atoms with Crippen molar-refractivity contribution in [2.24, 2.45) is 5.73 Å². The Hall–Kier alpha value is -4.14. The molecule has 1 aliphatic rings. The lowest BCUT2D eigenvalue weighted by molar-refractivity contribution is -0.265. The molecule has 2 amide bonds. The number of hydrogen-bond acceptors (Lipinski definition) is 7. The number of primary amides is 1. The Morgan fingerprint density at radius 1 is 1.20 bits per heavy atom. The summed E-state index contributed by atoms with van der Waals surface area (Å²) < 4.78 is 72.1. The second-order valence-corrected chi connectivity index (χ2v) is 11.4. The van der Waals surface area contributed by atoms with Gasteiger partial charge in [0.15, 0.2) is 0 Å². The Bertz CT molecular complexity index is 1850. The SMILES string of the molecule is CCOc1c(CC(N)=O)cc([C@@](O)(CNC(=O)c2cc(OC)c3nn(C4CC4)cc3c2)C(F)(F)F)nc1-c1c(F)ccc(Cl)c1Cl. The Balaban J connectivity index is 1.59. The number of carbonyl (C=O) groups excluding carboxylic acids is 2. The van der Waals surface area contributed by atoms with Crippen molar-refractivity contribution in [2.45, 2.75) is 44.0 Å². The number of aromatic nitrogens is 3. The highest BCUT2D eigenvalue weighted by Gasteiger charge is 2.57. The van der Waals surface area contributed by atoms with Gasteiger partial charge in [-0.1, -0.05) is 23.2 Å². The third-order valence-electron chi connectivity index (χ3n) is 7.38. The van der Waals surface area contributed by atoms with E-state index in [0.717, 1.165) is 31.0 Å². The molecule has 1 atom stereocenters. The van der Waals surface area contributed by atoms with E-state index in [1.165, 1.54) is 26.2 Å². The minimum Gasteiger partial charge on any atom is -0.494 e. The second-order valence-electron chi connectivity index (χ2n) is 10.6. The fourth-order valence-corrected chi connectivity index (χ4v) is 5.32. The van der Waals surface area contributed by atoms with Crippen LogP contribution in [0.25, 0.3) is 22.2 Å². The molecular formula is C30H27Cl2F4N5O5. The summed E-state index contributed by atoms with van der Waals surface area (Å²) in [5.74, 6) is -3.05. The first-order chi connectivity index (χ1) is 21.7. The van der Waals surface area contributed by atoms with Gasteiger partial charge in [0.25, 0.3) is 5.91 Å². The number of nitrogens with two attached hydrogens (primary N) is 1. The average Bonchev–Trinajstić information content (AvgIpc) is 3.76. The van der Waals surface area contributed by atoms with Gasteiger partial charge in [0.05, 0.1) is 54.0 Å². The quantitative estimate of drug-likeness (QED) is 0.140. The number of fused-ring (bicyclic) bond motifs is 1. The lowest BCUT2D eigenvalue weighted by atomic mass is 9.93. The van der Waals surface area contributed by atoms with Gasteiger partial charge in [0.1, 0.15) is 28.5 Å². The van der Waals surface area contributed by atoms with Gasteiger partial charge in [-0.25, -0.2) is 9.37 Å². The van der Waals surface area contributed by atoms with Crippen molar-refractivity contribution < 1.29 is 41.7 Å². The lowest BCUT2D eigenvalue weighted by Crippen LogP contribution is -2.51. The molecule has 0 radical (unpaired) electrons. The van der Waals surface area contributed by atoms with Gasteiger partial charge in [-0.3, -0.25) is 14.3 Å². The maximum Gasteiger partial charge on any atom is 0.424 e. The number of carbonyl (C=O) groups is 2. The number of alkyl halides is 3. The standard InChI is InChI=1S/C30H27Cl2F4N5O5/c1-3-46-27-14(11-22(37)42)10-21(39-26(27)23-19(33)7-6-18(31)24(23)32)29(44,30(34,35)36)13-38-28(43)15-8-16-12-41(17-4-5-17)40-25(16)20(9-15)45-2/h6-10,12,17,44H,3-5,11,13H2,1-2H3,(H2,37,42)(H,38,43)/t29-/m0/s1. The van der Waals surface area contributed by atoms with E-state index in [0.29, 0.717) is 10.9 Å². The number of amides is 2. The van der Waals surface area contributed by atoms with Gasteiger partial charge >= 0.3 is 6.18 Å². The minimum atomic E-state index is -5.45. The van der Waals surface area contributed by atoms with Crippen LogP contribution in [0, 0.1) is 5.82 Å². The van der Waals surface area contributed by atoms with Crippen LogP contribution in [0.3, 0.4) is 0 Å². The maximum atomic E-state index is 15.2. The zero-order valence-electron chi connectivity index (χ0n) is 24.3. The van der Waals surface area contributed by atoms with Gasteiger partial charge in [0, 0.05) is 22.7 Å². The zero-order valence-corrected chi connectivity index (χ0v) is 25.9. The summed E-state index contributed by atoms with van der Waals surface area (Å²) in [5, 5.41) is 17.8. The fourth-order valence-electron chi connectivity index (χ4n) is 4.92. The van der Waals surface area contributed by atoms with Crippen LogP contribution < -0.4 is 20.5 Å². The molecule has 2 heterocycles. The van der Waals surface area contributed by atoms with E-state index < -0.39 is 64.3 Å². The maximum absolute atomic E-state index is 15.2. The highest BCUT2D eigenvalue weighted by atomic mass is 35.5. The van der Waals surface area contributed by atoms with Crippen molar-refractivity contribution >= 4 is 45.9 Å². The third kappa shape index (κ3) is 6.29. The normalized spacial score (nSPS) is 14.6. The summed E-state index contributed by atoms with van der Waals surface area (Å²) in [7, 11) is 1.36. The predicted octanol–water partition coefficient (Wildman–Crippen LogP) is 5.49. The number of halogens is 6. The van der Waals surface area contributed by atoms with Crippen molar-refractivity contribution in [1.29, 1.82) is 0 Å². The molecule has 1 aliphatic carbocycles. The molecule has 1 fully saturated rings. The molecule has 4 aromatic rings. The molecule has 46 heavy (non-hydrogen) atoms. The van der Waals surface area contributed by atoms with Crippen LogP contribution >= 0.6 is 23.2 Å². The molecule has 1 saturated carbocycles. The number of ether oxygens (including phenoxy) is 2. The Kier molecular flexibility index (Phi) is 9.08. The van der Waals surface area contributed by atoms with Crippen molar-refractivity contribution in [2.75, 3.05) is 20.3 Å². The number of aliphatic hydroxyl groups is 1. The van der Waals surface area contributed by atoms with Crippen LogP contribution in [0.4, 0.5) is 17.6 Å². The van der Waals surface area contributed by atoms with Gasteiger partial charge in [0.2, 0.25) is 11.5 Å². The van der Waals surface area contributed by atoms with Gasteiger partial charge in [-0.05, 0) is 50.1 Å². The van der Waals surface area contributed by atoms with Gasteiger partial charge in [-0.15, -0.1) is 0 Å². The summed E-state index contributed by atoms with van der Waals surface area (Å²) in [5.41, 5.74) is -0.542.